The van der Waals surface area contributed by atoms with Gasteiger partial charge in [-0.1, -0.05) is 13.0 Å². The van der Waals surface area contributed by atoms with E-state index in [2.05, 4.69) is 9.24 Å². The molecule has 0 amide bonds. The maximum atomic E-state index is 10.3. The average molecular weight is 183 g/mol. The largest absolute Gasteiger partial charge is 0.270 e. The van der Waals surface area contributed by atoms with Gasteiger partial charge in [-0.2, -0.15) is 0 Å². The van der Waals surface area contributed by atoms with E-state index in [1.807, 2.05) is 6.92 Å². The molecule has 64 valence electrons. The highest BCUT2D eigenvalue weighted by Crippen LogP contribution is 2.12. The van der Waals surface area contributed by atoms with E-state index in [-0.39, 0.29) is 10.6 Å². The van der Waals surface area contributed by atoms with Gasteiger partial charge in [-0.25, -0.2) is 0 Å². The number of rotatable bonds is 2. The lowest BCUT2D eigenvalue weighted by Crippen LogP contribution is -2.01. The highest BCUT2D eigenvalue weighted by atomic mass is 31.0. The Balaban J connectivity index is 3.10. The first kappa shape index (κ1) is 9.14. The van der Waals surface area contributed by atoms with Gasteiger partial charge in [0.1, 0.15) is 0 Å². The number of nitro benzene ring substituents is 1. The standard InChI is InChI=1S/C8H10NO2P/c1-2-6-3-4-7(9(10)11)5-8(6)12/h3-5H,2,12H2,1H3. The van der Waals surface area contributed by atoms with Crippen molar-refractivity contribution in [1.82, 2.24) is 0 Å². The highest BCUT2D eigenvalue weighted by molar-refractivity contribution is 7.27. The Morgan fingerprint density at radius 3 is 2.67 bits per heavy atom. The second-order valence-electron chi connectivity index (χ2n) is 2.49. The Morgan fingerprint density at radius 1 is 1.58 bits per heavy atom. The van der Waals surface area contributed by atoms with Gasteiger partial charge < -0.3 is 0 Å². The zero-order chi connectivity index (χ0) is 9.14. The molecular weight excluding hydrogens is 173 g/mol. The molecule has 0 N–H and O–H groups in total. The van der Waals surface area contributed by atoms with Crippen molar-refractivity contribution in [3.8, 4) is 0 Å². The van der Waals surface area contributed by atoms with Crippen LogP contribution in [0.1, 0.15) is 12.5 Å². The van der Waals surface area contributed by atoms with Gasteiger partial charge in [-0.05, 0) is 17.3 Å². The van der Waals surface area contributed by atoms with E-state index >= 15 is 0 Å². The van der Waals surface area contributed by atoms with Crippen LogP contribution >= 0.6 is 9.24 Å². The number of nitro groups is 1. The van der Waals surface area contributed by atoms with Gasteiger partial charge in [0.2, 0.25) is 0 Å². The minimum Gasteiger partial charge on any atom is -0.258 e. The van der Waals surface area contributed by atoms with Crippen LogP contribution in [0.5, 0.6) is 0 Å². The molecule has 4 heteroatoms. The Kier molecular flexibility index (Phi) is 2.77. The third-order valence-corrected chi connectivity index (χ3v) is 2.26. The number of hydrogen-bond donors (Lipinski definition) is 0. The quantitative estimate of drug-likeness (QED) is 0.397. The summed E-state index contributed by atoms with van der Waals surface area (Å²) in [5, 5.41) is 11.3. The van der Waals surface area contributed by atoms with Crippen LogP contribution in [0.2, 0.25) is 0 Å². The second kappa shape index (κ2) is 3.63. The van der Waals surface area contributed by atoms with Gasteiger partial charge in [0.05, 0.1) is 4.92 Å². The van der Waals surface area contributed by atoms with Crippen LogP contribution in [0, 0.1) is 10.1 Å². The van der Waals surface area contributed by atoms with Crippen LogP contribution in [0.4, 0.5) is 5.69 Å². The van der Waals surface area contributed by atoms with Crippen molar-refractivity contribution in [2.45, 2.75) is 13.3 Å². The van der Waals surface area contributed by atoms with E-state index in [4.69, 9.17) is 0 Å². The monoisotopic (exact) mass is 183 g/mol. The van der Waals surface area contributed by atoms with Gasteiger partial charge >= 0.3 is 0 Å². The SMILES string of the molecule is CCc1ccc([N+](=O)[O-])cc1P. The predicted molar refractivity (Wildman–Crippen MR) is 51.8 cm³/mol. The topological polar surface area (TPSA) is 43.1 Å². The van der Waals surface area contributed by atoms with Crippen LogP contribution in [0.25, 0.3) is 0 Å². The summed E-state index contributed by atoms with van der Waals surface area (Å²) in [4.78, 5) is 9.97. The van der Waals surface area contributed by atoms with Crippen LogP contribution in [-0.2, 0) is 6.42 Å². The van der Waals surface area contributed by atoms with E-state index in [0.29, 0.717) is 0 Å². The first-order valence-electron chi connectivity index (χ1n) is 3.68. The summed E-state index contributed by atoms with van der Waals surface area (Å²) in [6.07, 6.45) is 0.900. The van der Waals surface area contributed by atoms with Crippen molar-refractivity contribution >= 4 is 20.2 Å². The average Bonchev–Trinajstić information content (AvgIpc) is 2.04. The first-order valence-corrected chi connectivity index (χ1v) is 4.25. The lowest BCUT2D eigenvalue weighted by Gasteiger charge is -2.00. The number of aryl methyl sites for hydroxylation is 1. The molecular formula is C8H10NO2P. The minimum atomic E-state index is -0.382. The molecule has 0 radical (unpaired) electrons. The molecule has 1 atom stereocenters. The van der Waals surface area contributed by atoms with Crippen LogP contribution in [0.3, 0.4) is 0 Å². The smallest absolute Gasteiger partial charge is 0.258 e. The zero-order valence-electron chi connectivity index (χ0n) is 6.78. The molecule has 12 heavy (non-hydrogen) atoms. The molecule has 0 saturated heterocycles. The zero-order valence-corrected chi connectivity index (χ0v) is 7.93. The fourth-order valence-corrected chi connectivity index (χ4v) is 1.49. The Hall–Kier alpha value is -0.950. The summed E-state index contributed by atoms with van der Waals surface area (Å²) >= 11 is 0. The number of nitrogens with zero attached hydrogens (tertiary/aromatic N) is 1. The number of benzene rings is 1. The van der Waals surface area contributed by atoms with Crippen molar-refractivity contribution in [2.24, 2.45) is 0 Å². The molecule has 1 rings (SSSR count). The molecule has 0 heterocycles. The van der Waals surface area contributed by atoms with E-state index in [9.17, 15) is 10.1 Å². The Morgan fingerprint density at radius 2 is 2.25 bits per heavy atom. The molecule has 1 aromatic rings. The summed E-state index contributed by atoms with van der Waals surface area (Å²) in [6, 6.07) is 4.90. The molecule has 0 saturated carbocycles. The molecule has 0 aliphatic carbocycles. The fourth-order valence-electron chi connectivity index (χ4n) is 1.02. The third-order valence-electron chi connectivity index (χ3n) is 1.72. The van der Waals surface area contributed by atoms with E-state index < -0.39 is 0 Å². The second-order valence-corrected chi connectivity index (χ2v) is 3.12. The van der Waals surface area contributed by atoms with E-state index in [0.717, 1.165) is 17.3 Å². The maximum Gasteiger partial charge on any atom is 0.270 e. The lowest BCUT2D eigenvalue weighted by atomic mass is 10.1. The number of non-ortho nitro benzene ring substituents is 1. The minimum absolute atomic E-state index is 0.150. The molecule has 1 unspecified atom stereocenters. The molecule has 0 spiro atoms. The molecule has 0 fully saturated rings. The Labute approximate surface area is 73.1 Å². The maximum absolute atomic E-state index is 10.3. The summed E-state index contributed by atoms with van der Waals surface area (Å²) < 4.78 is 0. The van der Waals surface area contributed by atoms with Gasteiger partial charge in [-0.3, -0.25) is 10.1 Å². The summed E-state index contributed by atoms with van der Waals surface area (Å²) in [5.41, 5.74) is 1.28. The van der Waals surface area contributed by atoms with Crippen molar-refractivity contribution in [1.29, 1.82) is 0 Å². The van der Waals surface area contributed by atoms with E-state index in [1.54, 1.807) is 12.1 Å². The summed E-state index contributed by atoms with van der Waals surface area (Å²) in [6.45, 7) is 2.02. The molecule has 0 aromatic heterocycles. The molecule has 0 aliphatic rings. The van der Waals surface area contributed by atoms with E-state index in [1.165, 1.54) is 6.07 Å². The highest BCUT2D eigenvalue weighted by Gasteiger charge is 2.06. The molecule has 0 aliphatic heterocycles. The van der Waals surface area contributed by atoms with Gasteiger partial charge in [0.25, 0.3) is 5.69 Å². The summed E-state index contributed by atoms with van der Waals surface area (Å²) in [7, 11) is 2.51. The lowest BCUT2D eigenvalue weighted by molar-refractivity contribution is -0.384. The van der Waals surface area contributed by atoms with Crippen LogP contribution in [0.15, 0.2) is 18.2 Å². The predicted octanol–water partition coefficient (Wildman–Crippen LogP) is 1.66. The fraction of sp³-hybridized carbons (Fsp3) is 0.250. The third kappa shape index (κ3) is 1.80. The Bertz CT molecular complexity index is 312. The van der Waals surface area contributed by atoms with Crippen molar-refractivity contribution in [2.75, 3.05) is 0 Å². The summed E-state index contributed by atoms with van der Waals surface area (Å²) in [5.74, 6) is 0. The van der Waals surface area contributed by atoms with Gasteiger partial charge in [0, 0.05) is 12.1 Å². The van der Waals surface area contributed by atoms with Crippen molar-refractivity contribution < 1.29 is 4.92 Å². The van der Waals surface area contributed by atoms with Crippen LogP contribution < -0.4 is 5.30 Å². The van der Waals surface area contributed by atoms with Gasteiger partial charge in [0.15, 0.2) is 0 Å². The number of hydrogen-bond acceptors (Lipinski definition) is 2. The van der Waals surface area contributed by atoms with Gasteiger partial charge in [-0.15, -0.1) is 9.24 Å². The molecule has 1 aromatic carbocycles. The first-order chi connectivity index (χ1) is 5.65. The van der Waals surface area contributed by atoms with Crippen LogP contribution in [-0.4, -0.2) is 4.92 Å². The normalized spacial score (nSPS) is 9.83. The molecule has 3 nitrogen and oxygen atoms in total. The van der Waals surface area contributed by atoms with Crippen molar-refractivity contribution in [3.05, 3.63) is 33.9 Å². The van der Waals surface area contributed by atoms with Crippen molar-refractivity contribution in [3.63, 3.8) is 0 Å². The molecule has 0 bridgehead atoms.